The molecule has 0 aliphatic heterocycles. The number of rotatable bonds is 2. The van der Waals surface area contributed by atoms with Crippen LogP contribution in [0.5, 0.6) is 0 Å². The van der Waals surface area contributed by atoms with Crippen LogP contribution in [0.3, 0.4) is 0 Å². The number of carbonyl (C=O) groups is 1. The number of nitrogens with two attached hydrogens (primary N) is 1. The Balaban J connectivity index is 1.99. The van der Waals surface area contributed by atoms with E-state index in [4.69, 9.17) is 5.73 Å². The molecule has 92 valence electrons. The fourth-order valence-electron chi connectivity index (χ4n) is 2.30. The zero-order valence-corrected chi connectivity index (χ0v) is 10.1. The number of nitrogens with one attached hydrogen (secondary N) is 1. The third-order valence-corrected chi connectivity index (χ3v) is 3.34. The normalized spacial score (nSPS) is 24.4. The van der Waals surface area contributed by atoms with Crippen LogP contribution in [0.15, 0.2) is 18.3 Å². The van der Waals surface area contributed by atoms with Crippen LogP contribution < -0.4 is 11.1 Å². The van der Waals surface area contributed by atoms with Gasteiger partial charge in [-0.15, -0.1) is 0 Å². The molecule has 0 aromatic carbocycles. The zero-order chi connectivity index (χ0) is 12.3. The van der Waals surface area contributed by atoms with Gasteiger partial charge in [0.1, 0.15) is 5.82 Å². The van der Waals surface area contributed by atoms with Gasteiger partial charge in [-0.2, -0.15) is 0 Å². The van der Waals surface area contributed by atoms with Gasteiger partial charge in [0.25, 0.3) is 0 Å². The molecule has 4 nitrogen and oxygen atoms in total. The Bertz CT molecular complexity index is 405. The third-order valence-electron chi connectivity index (χ3n) is 3.34. The first kappa shape index (κ1) is 12.0. The number of nitrogens with zero attached hydrogens (tertiary/aromatic N) is 1. The van der Waals surface area contributed by atoms with Gasteiger partial charge in [-0.1, -0.05) is 12.5 Å². The van der Waals surface area contributed by atoms with Crippen LogP contribution in [0, 0.1) is 12.8 Å². The highest BCUT2D eigenvalue weighted by molar-refractivity contribution is 5.92. The highest BCUT2D eigenvalue weighted by atomic mass is 16.1. The smallest absolute Gasteiger partial charge is 0.228 e. The molecule has 1 heterocycles. The van der Waals surface area contributed by atoms with Gasteiger partial charge in [0, 0.05) is 18.2 Å². The Morgan fingerprint density at radius 1 is 1.53 bits per heavy atom. The molecule has 1 aliphatic carbocycles. The molecular formula is C13H19N3O. The van der Waals surface area contributed by atoms with Gasteiger partial charge < -0.3 is 11.1 Å². The molecule has 17 heavy (non-hydrogen) atoms. The lowest BCUT2D eigenvalue weighted by atomic mass is 9.85. The summed E-state index contributed by atoms with van der Waals surface area (Å²) in [7, 11) is 0. The number of aryl methyl sites for hydroxylation is 1. The number of amides is 1. The Morgan fingerprint density at radius 2 is 2.35 bits per heavy atom. The quantitative estimate of drug-likeness (QED) is 0.819. The van der Waals surface area contributed by atoms with Crippen molar-refractivity contribution in [3.05, 3.63) is 23.9 Å². The summed E-state index contributed by atoms with van der Waals surface area (Å²) >= 11 is 0. The van der Waals surface area contributed by atoms with E-state index < -0.39 is 0 Å². The molecule has 2 rings (SSSR count). The van der Waals surface area contributed by atoms with E-state index in [2.05, 4.69) is 10.3 Å². The largest absolute Gasteiger partial charge is 0.328 e. The molecule has 1 aromatic heterocycles. The van der Waals surface area contributed by atoms with E-state index in [-0.39, 0.29) is 17.9 Å². The number of carbonyl (C=O) groups excluding carboxylic acids is 1. The summed E-state index contributed by atoms with van der Waals surface area (Å²) < 4.78 is 0. The van der Waals surface area contributed by atoms with Crippen LogP contribution in [0.4, 0.5) is 5.82 Å². The second kappa shape index (κ2) is 5.27. The van der Waals surface area contributed by atoms with Crippen LogP contribution in [-0.2, 0) is 4.79 Å². The Morgan fingerprint density at radius 3 is 3.06 bits per heavy atom. The average Bonchev–Trinajstić information content (AvgIpc) is 2.32. The van der Waals surface area contributed by atoms with Crippen LogP contribution in [0.1, 0.15) is 31.2 Å². The molecule has 3 N–H and O–H groups in total. The van der Waals surface area contributed by atoms with Crippen LogP contribution in [-0.4, -0.2) is 16.9 Å². The lowest BCUT2D eigenvalue weighted by Crippen LogP contribution is -2.34. The van der Waals surface area contributed by atoms with Crippen molar-refractivity contribution >= 4 is 11.7 Å². The molecule has 0 bridgehead atoms. The minimum Gasteiger partial charge on any atom is -0.328 e. The molecular weight excluding hydrogens is 214 g/mol. The second-order valence-electron chi connectivity index (χ2n) is 4.78. The predicted molar refractivity (Wildman–Crippen MR) is 67.5 cm³/mol. The van der Waals surface area contributed by atoms with Crippen LogP contribution in [0.2, 0.25) is 0 Å². The molecule has 1 saturated carbocycles. The van der Waals surface area contributed by atoms with Gasteiger partial charge in [-0.25, -0.2) is 4.98 Å². The Labute approximate surface area is 102 Å². The third kappa shape index (κ3) is 3.03. The highest BCUT2D eigenvalue weighted by Gasteiger charge is 2.25. The summed E-state index contributed by atoms with van der Waals surface area (Å²) in [6.45, 7) is 1.94. The monoisotopic (exact) mass is 233 g/mol. The van der Waals surface area contributed by atoms with Crippen LogP contribution >= 0.6 is 0 Å². The summed E-state index contributed by atoms with van der Waals surface area (Å²) in [5, 5.41) is 2.89. The van der Waals surface area contributed by atoms with Crippen molar-refractivity contribution in [3.63, 3.8) is 0 Å². The average molecular weight is 233 g/mol. The van der Waals surface area contributed by atoms with Gasteiger partial charge >= 0.3 is 0 Å². The van der Waals surface area contributed by atoms with Crippen molar-refractivity contribution in [1.29, 1.82) is 0 Å². The standard InChI is InChI=1S/C13H19N3O/c1-9-4-3-7-15-12(9)16-13(17)10-5-2-6-11(14)8-10/h3-4,7,10-11H,2,5-6,8,14H2,1H3,(H,15,16,17). The number of aromatic nitrogens is 1. The van der Waals surface area contributed by atoms with Gasteiger partial charge in [0.15, 0.2) is 0 Å². The number of anilines is 1. The van der Waals surface area contributed by atoms with Gasteiger partial charge in [0.05, 0.1) is 0 Å². The zero-order valence-electron chi connectivity index (χ0n) is 10.1. The maximum absolute atomic E-state index is 12.1. The first-order valence-corrected chi connectivity index (χ1v) is 6.15. The van der Waals surface area contributed by atoms with E-state index in [1.807, 2.05) is 19.1 Å². The van der Waals surface area contributed by atoms with E-state index in [1.165, 1.54) is 0 Å². The van der Waals surface area contributed by atoms with Crippen LogP contribution in [0.25, 0.3) is 0 Å². The maximum atomic E-state index is 12.1. The van der Waals surface area contributed by atoms with E-state index in [0.717, 1.165) is 31.2 Å². The van der Waals surface area contributed by atoms with Crippen molar-refractivity contribution in [3.8, 4) is 0 Å². The molecule has 0 spiro atoms. The number of pyridine rings is 1. The summed E-state index contributed by atoms with van der Waals surface area (Å²) in [6, 6.07) is 3.97. The van der Waals surface area contributed by atoms with E-state index in [9.17, 15) is 4.79 Å². The van der Waals surface area contributed by atoms with E-state index in [0.29, 0.717) is 5.82 Å². The first-order chi connectivity index (χ1) is 8.16. The second-order valence-corrected chi connectivity index (χ2v) is 4.78. The SMILES string of the molecule is Cc1cccnc1NC(=O)C1CCCC(N)C1. The molecule has 1 fully saturated rings. The minimum absolute atomic E-state index is 0.0418. The van der Waals surface area contributed by atoms with Crippen molar-refractivity contribution in [2.45, 2.75) is 38.6 Å². The summed E-state index contributed by atoms with van der Waals surface area (Å²) in [5.41, 5.74) is 6.88. The molecule has 0 saturated heterocycles. The summed E-state index contributed by atoms with van der Waals surface area (Å²) in [5.74, 6) is 0.763. The van der Waals surface area contributed by atoms with Crippen molar-refractivity contribution < 1.29 is 4.79 Å². The highest BCUT2D eigenvalue weighted by Crippen LogP contribution is 2.24. The van der Waals surface area contributed by atoms with Crippen molar-refractivity contribution in [1.82, 2.24) is 4.98 Å². The molecule has 0 radical (unpaired) electrons. The van der Waals surface area contributed by atoms with Gasteiger partial charge in [0.2, 0.25) is 5.91 Å². The molecule has 1 aliphatic rings. The molecule has 1 amide bonds. The van der Waals surface area contributed by atoms with Gasteiger partial charge in [-0.3, -0.25) is 4.79 Å². The van der Waals surface area contributed by atoms with E-state index in [1.54, 1.807) is 6.20 Å². The van der Waals surface area contributed by atoms with Gasteiger partial charge in [-0.05, 0) is 37.8 Å². The predicted octanol–water partition coefficient (Wildman–Crippen LogP) is 1.85. The van der Waals surface area contributed by atoms with Crippen molar-refractivity contribution in [2.24, 2.45) is 11.7 Å². The first-order valence-electron chi connectivity index (χ1n) is 6.15. The topological polar surface area (TPSA) is 68.0 Å². The van der Waals surface area contributed by atoms with E-state index >= 15 is 0 Å². The lowest BCUT2D eigenvalue weighted by molar-refractivity contribution is -0.120. The summed E-state index contributed by atoms with van der Waals surface area (Å²) in [6.07, 6.45) is 5.49. The molecule has 2 atom stereocenters. The fraction of sp³-hybridized carbons (Fsp3) is 0.538. The van der Waals surface area contributed by atoms with Crippen molar-refractivity contribution in [2.75, 3.05) is 5.32 Å². The molecule has 2 unspecified atom stereocenters. The maximum Gasteiger partial charge on any atom is 0.228 e. The minimum atomic E-state index is 0.0418. The Hall–Kier alpha value is -1.42. The molecule has 4 heteroatoms. The fourth-order valence-corrected chi connectivity index (χ4v) is 2.30. The lowest BCUT2D eigenvalue weighted by Gasteiger charge is -2.25. The molecule has 1 aromatic rings. The number of hydrogen-bond donors (Lipinski definition) is 2. The summed E-state index contributed by atoms with van der Waals surface area (Å²) in [4.78, 5) is 16.2. The Kier molecular flexibility index (Phi) is 3.74. The number of hydrogen-bond acceptors (Lipinski definition) is 3.